The van der Waals surface area contributed by atoms with Gasteiger partial charge >= 0.3 is 0 Å². The zero-order valence-corrected chi connectivity index (χ0v) is 19.9. The maximum absolute atomic E-state index is 7.59. The molecule has 4 aromatic rings. The van der Waals surface area contributed by atoms with Gasteiger partial charge in [0, 0.05) is 46.9 Å². The predicted molar refractivity (Wildman–Crippen MR) is 140 cm³/mol. The Bertz CT molecular complexity index is 1210. The van der Waals surface area contributed by atoms with Crippen LogP contribution >= 0.6 is 37.2 Å². The van der Waals surface area contributed by atoms with Crippen LogP contribution in [0.4, 0.5) is 0 Å². The van der Waals surface area contributed by atoms with Crippen LogP contribution in [0.3, 0.4) is 0 Å². The standard InChI is InChI=1S/C23H21N7.3ClH/c24-22(25)16-6-4-15(5-7-16)20-14-30(19-10-8-17(9-11-19)23(26)27)21(29-20)13-18-3-1-2-12-28-18;;;/h1-12,14H,13H2,(H3,24,25)(H3,26,27);3*1H. The molecule has 10 heteroatoms. The number of hydrogen-bond acceptors (Lipinski definition) is 4. The van der Waals surface area contributed by atoms with Crippen molar-refractivity contribution in [2.24, 2.45) is 11.5 Å². The first-order valence-electron chi connectivity index (χ1n) is 9.39. The van der Waals surface area contributed by atoms with Gasteiger partial charge in [0.05, 0.1) is 5.69 Å². The summed E-state index contributed by atoms with van der Waals surface area (Å²) >= 11 is 0. The Morgan fingerprint density at radius 2 is 1.36 bits per heavy atom. The summed E-state index contributed by atoms with van der Waals surface area (Å²) < 4.78 is 2.02. The fraction of sp³-hybridized carbons (Fsp3) is 0.0435. The number of benzene rings is 2. The fourth-order valence-electron chi connectivity index (χ4n) is 3.19. The summed E-state index contributed by atoms with van der Waals surface area (Å²) in [5.41, 5.74) is 16.1. The van der Waals surface area contributed by atoms with Gasteiger partial charge in [0.25, 0.3) is 0 Å². The van der Waals surface area contributed by atoms with E-state index in [0.717, 1.165) is 28.5 Å². The van der Waals surface area contributed by atoms with E-state index in [-0.39, 0.29) is 48.9 Å². The van der Waals surface area contributed by atoms with Crippen molar-refractivity contribution in [1.29, 1.82) is 10.8 Å². The molecule has 2 aromatic carbocycles. The lowest BCUT2D eigenvalue weighted by Crippen LogP contribution is -2.11. The molecule has 0 saturated heterocycles. The van der Waals surface area contributed by atoms with Crippen LogP contribution in [-0.2, 0) is 6.42 Å². The van der Waals surface area contributed by atoms with Crippen molar-refractivity contribution in [2.75, 3.05) is 0 Å². The van der Waals surface area contributed by atoms with Crippen molar-refractivity contribution in [3.8, 4) is 16.9 Å². The van der Waals surface area contributed by atoms with Crippen LogP contribution in [0.15, 0.2) is 79.1 Å². The van der Waals surface area contributed by atoms with Crippen molar-refractivity contribution >= 4 is 48.9 Å². The van der Waals surface area contributed by atoms with Crippen molar-refractivity contribution < 1.29 is 0 Å². The molecule has 0 bridgehead atoms. The third kappa shape index (κ3) is 6.32. The first kappa shape index (κ1) is 27.6. The molecular formula is C23H24Cl3N7. The fourth-order valence-corrected chi connectivity index (χ4v) is 3.19. The van der Waals surface area contributed by atoms with Gasteiger partial charge in [-0.2, -0.15) is 0 Å². The molecule has 33 heavy (non-hydrogen) atoms. The normalized spacial score (nSPS) is 9.70. The van der Waals surface area contributed by atoms with E-state index < -0.39 is 0 Å². The Kier molecular flexibility index (Phi) is 10.1. The van der Waals surface area contributed by atoms with Crippen molar-refractivity contribution in [1.82, 2.24) is 14.5 Å². The molecule has 0 aliphatic rings. The maximum atomic E-state index is 7.59. The van der Waals surface area contributed by atoms with Crippen LogP contribution in [0.5, 0.6) is 0 Å². The average Bonchev–Trinajstić information content (AvgIpc) is 3.18. The SMILES string of the molecule is Cl.Cl.Cl.N=C(N)c1ccc(-c2cn(-c3ccc(C(=N)N)cc3)c(Cc3ccccn3)n2)cc1. The highest BCUT2D eigenvalue weighted by atomic mass is 35.5. The van der Waals surface area contributed by atoms with Crippen LogP contribution in [-0.4, -0.2) is 26.2 Å². The summed E-state index contributed by atoms with van der Waals surface area (Å²) in [6.07, 6.45) is 4.32. The van der Waals surface area contributed by atoms with Gasteiger partial charge in [0.2, 0.25) is 0 Å². The quantitative estimate of drug-likeness (QED) is 0.229. The largest absolute Gasteiger partial charge is 0.384 e. The van der Waals surface area contributed by atoms with Gasteiger partial charge in [0.1, 0.15) is 17.5 Å². The van der Waals surface area contributed by atoms with Gasteiger partial charge in [0.15, 0.2) is 0 Å². The minimum atomic E-state index is 0. The third-order valence-corrected chi connectivity index (χ3v) is 4.79. The number of imidazole rings is 1. The van der Waals surface area contributed by atoms with Crippen molar-refractivity contribution in [2.45, 2.75) is 6.42 Å². The number of nitrogens with two attached hydrogens (primary N) is 2. The van der Waals surface area contributed by atoms with Crippen LogP contribution in [0.25, 0.3) is 16.9 Å². The molecule has 0 fully saturated rings. The Morgan fingerprint density at radius 3 is 1.88 bits per heavy atom. The minimum Gasteiger partial charge on any atom is -0.384 e. The molecule has 0 atom stereocenters. The molecule has 0 aliphatic heterocycles. The first-order chi connectivity index (χ1) is 14.5. The van der Waals surface area contributed by atoms with E-state index >= 15 is 0 Å². The lowest BCUT2D eigenvalue weighted by atomic mass is 10.1. The second-order valence-electron chi connectivity index (χ2n) is 6.86. The van der Waals surface area contributed by atoms with E-state index in [4.69, 9.17) is 27.3 Å². The van der Waals surface area contributed by atoms with Gasteiger partial charge in [-0.05, 0) is 36.4 Å². The molecule has 0 saturated carbocycles. The summed E-state index contributed by atoms with van der Waals surface area (Å²) in [5, 5.41) is 15.2. The second kappa shape index (κ2) is 12.0. The molecule has 2 aromatic heterocycles. The molecule has 0 spiro atoms. The number of aromatic nitrogens is 3. The molecule has 0 unspecified atom stereocenters. The molecule has 0 radical (unpaired) electrons. The number of amidine groups is 2. The Labute approximate surface area is 210 Å². The molecule has 0 amide bonds. The number of nitrogens with one attached hydrogen (secondary N) is 2. The molecular weight excluding hydrogens is 481 g/mol. The van der Waals surface area contributed by atoms with E-state index in [1.165, 1.54) is 0 Å². The summed E-state index contributed by atoms with van der Waals surface area (Å²) in [5.74, 6) is 0.913. The van der Waals surface area contributed by atoms with E-state index in [9.17, 15) is 0 Å². The highest BCUT2D eigenvalue weighted by Gasteiger charge is 2.13. The Balaban J connectivity index is 0.00000181. The van der Waals surface area contributed by atoms with Crippen LogP contribution in [0.2, 0.25) is 0 Å². The van der Waals surface area contributed by atoms with Crippen LogP contribution in [0, 0.1) is 10.8 Å². The zero-order valence-electron chi connectivity index (χ0n) is 17.4. The monoisotopic (exact) mass is 503 g/mol. The molecule has 0 aliphatic carbocycles. The van der Waals surface area contributed by atoms with Crippen molar-refractivity contribution in [3.63, 3.8) is 0 Å². The maximum Gasteiger partial charge on any atom is 0.122 e. The van der Waals surface area contributed by atoms with Gasteiger partial charge in [-0.1, -0.05) is 30.3 Å². The van der Waals surface area contributed by atoms with Gasteiger partial charge < -0.3 is 16.0 Å². The number of nitrogens with zero attached hydrogens (tertiary/aromatic N) is 3. The smallest absolute Gasteiger partial charge is 0.122 e. The summed E-state index contributed by atoms with van der Waals surface area (Å²) in [4.78, 5) is 9.28. The summed E-state index contributed by atoms with van der Waals surface area (Å²) in [6.45, 7) is 0. The highest BCUT2D eigenvalue weighted by molar-refractivity contribution is 5.95. The highest BCUT2D eigenvalue weighted by Crippen LogP contribution is 2.24. The topological polar surface area (TPSA) is 130 Å². The Morgan fingerprint density at radius 1 is 0.788 bits per heavy atom. The van der Waals surface area contributed by atoms with E-state index in [0.29, 0.717) is 17.5 Å². The molecule has 172 valence electrons. The van der Waals surface area contributed by atoms with Crippen LogP contribution < -0.4 is 11.5 Å². The van der Waals surface area contributed by atoms with Crippen LogP contribution in [0.1, 0.15) is 22.6 Å². The molecule has 7 nitrogen and oxygen atoms in total. The van der Waals surface area contributed by atoms with E-state index in [2.05, 4.69) is 4.98 Å². The number of pyridine rings is 1. The Hall–Kier alpha value is -3.39. The average molecular weight is 505 g/mol. The molecule has 2 heterocycles. The lowest BCUT2D eigenvalue weighted by Gasteiger charge is -2.08. The summed E-state index contributed by atoms with van der Waals surface area (Å²) in [7, 11) is 0. The van der Waals surface area contributed by atoms with Gasteiger partial charge in [-0.25, -0.2) is 4.98 Å². The predicted octanol–water partition coefficient (Wildman–Crippen LogP) is 4.36. The third-order valence-electron chi connectivity index (χ3n) is 4.79. The first-order valence-corrected chi connectivity index (χ1v) is 9.39. The minimum absolute atomic E-state index is 0. The second-order valence-corrected chi connectivity index (χ2v) is 6.86. The van der Waals surface area contributed by atoms with Gasteiger partial charge in [-0.3, -0.25) is 15.8 Å². The number of hydrogen-bond donors (Lipinski definition) is 4. The zero-order chi connectivity index (χ0) is 21.1. The summed E-state index contributed by atoms with van der Waals surface area (Å²) in [6, 6.07) is 20.8. The number of halogens is 3. The van der Waals surface area contributed by atoms with Crippen molar-refractivity contribution in [3.05, 3.63) is 102 Å². The number of rotatable bonds is 6. The molecule has 4 rings (SSSR count). The lowest BCUT2D eigenvalue weighted by molar-refractivity contribution is 0.892. The van der Waals surface area contributed by atoms with E-state index in [1.54, 1.807) is 6.20 Å². The van der Waals surface area contributed by atoms with E-state index in [1.807, 2.05) is 77.5 Å². The molecule has 6 N–H and O–H groups in total. The van der Waals surface area contributed by atoms with Gasteiger partial charge in [-0.15, -0.1) is 37.2 Å². The number of nitrogen functional groups attached to an aromatic ring is 2.